The monoisotopic (exact) mass is 288 g/mol. The molecule has 0 amide bonds. The minimum absolute atomic E-state index is 0.0319. The van der Waals surface area contributed by atoms with Crippen LogP contribution in [0.1, 0.15) is 49.4 Å². The van der Waals surface area contributed by atoms with Gasteiger partial charge in [-0.1, -0.05) is 30.3 Å². The molecule has 0 bridgehead atoms. The molecule has 108 valence electrons. The van der Waals surface area contributed by atoms with Gasteiger partial charge in [-0.15, -0.1) is 0 Å². The predicted molar refractivity (Wildman–Crippen MR) is 83.4 cm³/mol. The van der Waals surface area contributed by atoms with Crippen molar-refractivity contribution in [1.29, 1.82) is 0 Å². The van der Waals surface area contributed by atoms with Crippen molar-refractivity contribution in [2.24, 2.45) is 5.41 Å². The van der Waals surface area contributed by atoms with Gasteiger partial charge < -0.3 is 0 Å². The highest BCUT2D eigenvalue weighted by Gasteiger charge is 2.55. The Morgan fingerprint density at radius 2 is 1.41 bits per heavy atom. The summed E-state index contributed by atoms with van der Waals surface area (Å²) in [6.45, 7) is 0. The van der Waals surface area contributed by atoms with E-state index in [4.69, 9.17) is 0 Å². The number of hydrogen-bond donors (Lipinski definition) is 0. The van der Waals surface area contributed by atoms with Gasteiger partial charge >= 0.3 is 0 Å². The van der Waals surface area contributed by atoms with Crippen LogP contribution in [0.2, 0.25) is 0 Å². The molecule has 1 atom stereocenters. The fraction of sp³-hybridized carbons (Fsp3) is 0.300. The topological polar surface area (TPSA) is 34.1 Å². The Balaban J connectivity index is 1.65. The Labute approximate surface area is 129 Å². The quantitative estimate of drug-likeness (QED) is 0.697. The van der Waals surface area contributed by atoms with Gasteiger partial charge in [-0.25, -0.2) is 0 Å². The van der Waals surface area contributed by atoms with Gasteiger partial charge in [0.1, 0.15) is 5.41 Å². The third kappa shape index (κ3) is 1.36. The van der Waals surface area contributed by atoms with Crippen molar-refractivity contribution in [3.05, 3.63) is 69.8 Å². The van der Waals surface area contributed by atoms with Crippen molar-refractivity contribution in [2.75, 3.05) is 0 Å². The van der Waals surface area contributed by atoms with Crippen LogP contribution in [0.4, 0.5) is 0 Å². The molecule has 0 heterocycles. The van der Waals surface area contributed by atoms with Crippen molar-refractivity contribution in [1.82, 2.24) is 0 Å². The molecule has 0 aromatic heterocycles. The average molecular weight is 288 g/mol. The van der Waals surface area contributed by atoms with Gasteiger partial charge in [0, 0.05) is 11.1 Å². The Morgan fingerprint density at radius 3 is 2.23 bits per heavy atom. The molecular weight excluding hydrogens is 272 g/mol. The van der Waals surface area contributed by atoms with Crippen LogP contribution in [0.15, 0.2) is 36.4 Å². The standard InChI is InChI=1S/C20H16O2/c21-18-16-7-2-1-4-14(16)10-20(18)11-15-8-12-5-3-6-13(12)9-17(15)19(20)22/h1-2,4,7-9H,3,5-6,10-11H2/t20-/m0/s1. The normalized spacial score (nSPS) is 24.7. The zero-order chi connectivity index (χ0) is 14.9. The van der Waals surface area contributed by atoms with Crippen LogP contribution in [-0.2, 0) is 25.7 Å². The van der Waals surface area contributed by atoms with Gasteiger partial charge in [-0.2, -0.15) is 0 Å². The Hall–Kier alpha value is -2.22. The number of hydrogen-bond acceptors (Lipinski definition) is 2. The van der Waals surface area contributed by atoms with Gasteiger partial charge in [0.2, 0.25) is 0 Å². The van der Waals surface area contributed by atoms with E-state index in [0.29, 0.717) is 12.8 Å². The Kier molecular flexibility index (Phi) is 2.21. The number of benzene rings is 2. The first-order chi connectivity index (χ1) is 10.7. The summed E-state index contributed by atoms with van der Waals surface area (Å²) < 4.78 is 0. The maximum absolute atomic E-state index is 13.1. The van der Waals surface area contributed by atoms with E-state index >= 15 is 0 Å². The number of aryl methyl sites for hydroxylation is 2. The van der Waals surface area contributed by atoms with E-state index in [0.717, 1.165) is 35.1 Å². The second-order valence-electron chi connectivity index (χ2n) is 6.88. The lowest BCUT2D eigenvalue weighted by Gasteiger charge is -2.18. The van der Waals surface area contributed by atoms with E-state index in [1.54, 1.807) is 0 Å². The molecule has 2 nitrogen and oxygen atoms in total. The number of carbonyl (C=O) groups is 2. The highest BCUT2D eigenvalue weighted by atomic mass is 16.2. The van der Waals surface area contributed by atoms with Crippen molar-refractivity contribution < 1.29 is 9.59 Å². The third-order valence-corrected chi connectivity index (χ3v) is 5.68. The first-order valence-corrected chi connectivity index (χ1v) is 8.01. The maximum Gasteiger partial charge on any atom is 0.177 e. The molecule has 0 saturated heterocycles. The second-order valence-corrected chi connectivity index (χ2v) is 6.88. The summed E-state index contributed by atoms with van der Waals surface area (Å²) in [4.78, 5) is 26.0. The van der Waals surface area contributed by atoms with E-state index in [1.165, 1.54) is 17.5 Å². The number of carbonyl (C=O) groups excluding carboxylic acids is 2. The Bertz CT molecular complexity index is 862. The molecule has 0 unspecified atom stereocenters. The lowest BCUT2D eigenvalue weighted by molar-refractivity contribution is 0.0705. The average Bonchev–Trinajstić information content (AvgIpc) is 3.16. The summed E-state index contributed by atoms with van der Waals surface area (Å²) in [5.74, 6) is 0.0860. The number of fused-ring (bicyclic) bond motifs is 3. The SMILES string of the molecule is O=C1c2ccccc2C[C@]12Cc1cc3c(cc1C2=O)CCC3. The summed E-state index contributed by atoms with van der Waals surface area (Å²) >= 11 is 0. The first-order valence-electron chi connectivity index (χ1n) is 8.01. The fourth-order valence-corrected chi connectivity index (χ4v) is 4.58. The van der Waals surface area contributed by atoms with E-state index in [1.807, 2.05) is 24.3 Å². The molecular formula is C20H16O2. The summed E-state index contributed by atoms with van der Waals surface area (Å²) in [5, 5.41) is 0. The first kappa shape index (κ1) is 12.3. The molecule has 1 spiro atoms. The molecule has 0 aliphatic heterocycles. The van der Waals surface area contributed by atoms with E-state index in [2.05, 4.69) is 12.1 Å². The van der Waals surface area contributed by atoms with E-state index in [-0.39, 0.29) is 11.6 Å². The second kappa shape index (κ2) is 3.95. The van der Waals surface area contributed by atoms with Crippen LogP contribution >= 0.6 is 0 Å². The van der Waals surface area contributed by atoms with E-state index < -0.39 is 5.41 Å². The van der Waals surface area contributed by atoms with Gasteiger partial charge in [-0.05, 0) is 60.4 Å². The molecule has 3 aliphatic carbocycles. The summed E-state index contributed by atoms with van der Waals surface area (Å²) in [6.07, 6.45) is 4.51. The molecule has 0 saturated carbocycles. The number of ketones is 2. The largest absolute Gasteiger partial charge is 0.293 e. The molecule has 5 rings (SSSR count). The number of rotatable bonds is 0. The van der Waals surface area contributed by atoms with Crippen LogP contribution in [-0.4, -0.2) is 11.6 Å². The van der Waals surface area contributed by atoms with Crippen LogP contribution in [0.25, 0.3) is 0 Å². The van der Waals surface area contributed by atoms with Gasteiger partial charge in [0.05, 0.1) is 0 Å². The molecule has 2 aromatic carbocycles. The lowest BCUT2D eigenvalue weighted by atomic mass is 9.80. The van der Waals surface area contributed by atoms with Gasteiger partial charge in [0.15, 0.2) is 11.6 Å². The molecule has 2 aromatic rings. The molecule has 0 N–H and O–H groups in total. The molecule has 22 heavy (non-hydrogen) atoms. The zero-order valence-corrected chi connectivity index (χ0v) is 12.3. The molecule has 0 radical (unpaired) electrons. The van der Waals surface area contributed by atoms with Crippen LogP contribution < -0.4 is 0 Å². The van der Waals surface area contributed by atoms with Crippen LogP contribution in [0.3, 0.4) is 0 Å². The van der Waals surface area contributed by atoms with Crippen molar-refractivity contribution in [3.63, 3.8) is 0 Å². The minimum atomic E-state index is -0.846. The van der Waals surface area contributed by atoms with Crippen LogP contribution in [0.5, 0.6) is 0 Å². The zero-order valence-electron chi connectivity index (χ0n) is 12.3. The van der Waals surface area contributed by atoms with Crippen molar-refractivity contribution in [3.8, 4) is 0 Å². The molecule has 3 aliphatic rings. The maximum atomic E-state index is 13.1. The van der Waals surface area contributed by atoms with Crippen molar-refractivity contribution in [2.45, 2.75) is 32.1 Å². The highest BCUT2D eigenvalue weighted by molar-refractivity contribution is 6.24. The lowest BCUT2D eigenvalue weighted by Crippen LogP contribution is -2.34. The smallest absolute Gasteiger partial charge is 0.177 e. The van der Waals surface area contributed by atoms with Crippen LogP contribution in [0, 0.1) is 5.41 Å². The number of Topliss-reactive ketones (excluding diaryl/α,β-unsaturated/α-hetero) is 2. The molecule has 2 heteroatoms. The fourth-order valence-electron chi connectivity index (χ4n) is 4.58. The predicted octanol–water partition coefficient (Wildman–Crippen LogP) is 3.34. The van der Waals surface area contributed by atoms with Gasteiger partial charge in [-0.3, -0.25) is 9.59 Å². The summed E-state index contributed by atoms with van der Waals surface area (Å²) in [7, 11) is 0. The summed E-state index contributed by atoms with van der Waals surface area (Å²) in [6, 6.07) is 12.0. The summed E-state index contributed by atoms with van der Waals surface area (Å²) in [5.41, 5.74) is 5.52. The third-order valence-electron chi connectivity index (χ3n) is 5.68. The minimum Gasteiger partial charge on any atom is -0.293 e. The van der Waals surface area contributed by atoms with Crippen molar-refractivity contribution >= 4 is 11.6 Å². The van der Waals surface area contributed by atoms with Gasteiger partial charge in [0.25, 0.3) is 0 Å². The Morgan fingerprint density at radius 1 is 0.727 bits per heavy atom. The highest BCUT2D eigenvalue weighted by Crippen LogP contribution is 2.47. The molecule has 0 fully saturated rings. The van der Waals surface area contributed by atoms with E-state index in [9.17, 15) is 9.59 Å².